The number of halogens is 6. The first-order chi connectivity index (χ1) is 19.6. The number of nitrogens with zero attached hydrogens (tertiary/aromatic N) is 2. The molecule has 3 rings (SSSR count). The Morgan fingerprint density at radius 3 is 1.67 bits per heavy atom. The van der Waals surface area contributed by atoms with Gasteiger partial charge >= 0.3 is 30.3 Å². The maximum atomic E-state index is 13.1. The summed E-state index contributed by atoms with van der Waals surface area (Å²) < 4.78 is 93.0. The van der Waals surface area contributed by atoms with E-state index in [1.807, 2.05) is 5.32 Å². The molecule has 1 amide bonds. The van der Waals surface area contributed by atoms with Gasteiger partial charge in [-0.2, -0.15) is 26.3 Å². The molecule has 3 aromatic rings. The van der Waals surface area contributed by atoms with Crippen LogP contribution in [0.5, 0.6) is 5.88 Å². The van der Waals surface area contributed by atoms with Crippen LogP contribution in [0.3, 0.4) is 0 Å². The molecule has 0 bridgehead atoms. The summed E-state index contributed by atoms with van der Waals surface area (Å²) in [5, 5.41) is 18.9. The Kier molecular flexibility index (Phi) is 9.34. The maximum absolute atomic E-state index is 13.1. The van der Waals surface area contributed by atoms with Crippen LogP contribution >= 0.6 is 0 Å². The fraction of sp³-hybridized carbons (Fsp3) is 0.200. The number of amides is 1. The van der Waals surface area contributed by atoms with E-state index < -0.39 is 70.6 Å². The molecule has 0 unspecified atom stereocenters. The number of hydrogen-bond acceptors (Lipinski definition) is 9. The molecule has 0 radical (unpaired) electrons. The van der Waals surface area contributed by atoms with E-state index in [2.05, 4.69) is 10.2 Å². The zero-order valence-corrected chi connectivity index (χ0v) is 20.9. The molecule has 0 aliphatic heterocycles. The van der Waals surface area contributed by atoms with Crippen molar-refractivity contribution in [2.75, 3.05) is 12.4 Å². The number of benzene rings is 2. The number of rotatable bonds is 9. The molecular weight excluding hydrogens is 584 g/mol. The Hall–Kier alpha value is -5.22. The molecule has 0 aliphatic carbocycles. The molecule has 2 aromatic carbocycles. The van der Waals surface area contributed by atoms with E-state index in [1.165, 1.54) is 13.2 Å². The number of ether oxygens (including phenoxy) is 3. The van der Waals surface area contributed by atoms with Crippen molar-refractivity contribution in [3.8, 4) is 5.88 Å². The monoisotopic (exact) mass is 601 g/mol. The van der Waals surface area contributed by atoms with Gasteiger partial charge in [0.2, 0.25) is 18.1 Å². The van der Waals surface area contributed by atoms with Crippen molar-refractivity contribution >= 4 is 29.6 Å². The van der Waals surface area contributed by atoms with Gasteiger partial charge in [0.25, 0.3) is 5.91 Å². The van der Waals surface area contributed by atoms with Crippen LogP contribution in [0.15, 0.2) is 60.7 Å². The zero-order valence-electron chi connectivity index (χ0n) is 20.9. The highest BCUT2D eigenvalue weighted by Crippen LogP contribution is 2.31. The first-order valence-corrected chi connectivity index (χ1v) is 11.3. The summed E-state index contributed by atoms with van der Waals surface area (Å²) in [6.07, 6.45) is -15.1. The fourth-order valence-corrected chi connectivity index (χ4v) is 3.20. The topological polar surface area (TPSA) is 154 Å². The second-order valence-electron chi connectivity index (χ2n) is 8.10. The Labute approximate surface area is 231 Å². The molecule has 11 nitrogen and oxygen atoms in total. The molecule has 0 spiro atoms. The van der Waals surface area contributed by atoms with Gasteiger partial charge in [0, 0.05) is 6.07 Å². The van der Waals surface area contributed by atoms with Gasteiger partial charge in [-0.1, -0.05) is 12.1 Å². The van der Waals surface area contributed by atoms with Gasteiger partial charge < -0.3 is 24.6 Å². The predicted molar refractivity (Wildman–Crippen MR) is 126 cm³/mol. The molecule has 42 heavy (non-hydrogen) atoms. The average Bonchev–Trinajstić information content (AvgIpc) is 2.94. The van der Waals surface area contributed by atoms with Gasteiger partial charge in [0.05, 0.1) is 29.4 Å². The van der Waals surface area contributed by atoms with Crippen molar-refractivity contribution in [1.29, 1.82) is 0 Å². The van der Waals surface area contributed by atoms with Gasteiger partial charge in [0.1, 0.15) is 0 Å². The number of aromatic nitrogens is 2. The maximum Gasteiger partial charge on any atom is 0.416 e. The van der Waals surface area contributed by atoms with Crippen molar-refractivity contribution in [2.24, 2.45) is 0 Å². The van der Waals surface area contributed by atoms with E-state index in [-0.39, 0.29) is 11.7 Å². The fourth-order valence-electron chi connectivity index (χ4n) is 3.20. The predicted octanol–water partition coefficient (Wildman–Crippen LogP) is 4.00. The molecule has 17 heteroatoms. The second kappa shape index (κ2) is 12.5. The van der Waals surface area contributed by atoms with Crippen LogP contribution in [0.2, 0.25) is 0 Å². The highest BCUT2D eigenvalue weighted by atomic mass is 19.4. The molecule has 1 aromatic heterocycles. The number of carbonyl (C=O) groups is 4. The molecule has 1 heterocycles. The third kappa shape index (κ3) is 7.92. The lowest BCUT2D eigenvalue weighted by Gasteiger charge is -2.23. The minimum atomic E-state index is -4.88. The van der Waals surface area contributed by atoms with Crippen molar-refractivity contribution in [2.45, 2.75) is 24.6 Å². The first kappa shape index (κ1) is 31.3. The van der Waals surface area contributed by atoms with Gasteiger partial charge in [-0.15, -0.1) is 10.2 Å². The lowest BCUT2D eigenvalue weighted by molar-refractivity contribution is -0.157. The van der Waals surface area contributed by atoms with E-state index in [0.29, 0.717) is 24.3 Å². The number of aliphatic carboxylic acids is 1. The van der Waals surface area contributed by atoms with E-state index in [1.54, 1.807) is 0 Å². The number of carboxylic acid groups (broad SMARTS) is 1. The van der Waals surface area contributed by atoms with Crippen molar-refractivity contribution < 1.29 is 64.8 Å². The third-order valence-corrected chi connectivity index (χ3v) is 5.20. The zero-order chi connectivity index (χ0) is 31.2. The number of nitrogens with one attached hydrogen (secondary N) is 1. The quantitative estimate of drug-likeness (QED) is 0.272. The summed E-state index contributed by atoms with van der Waals surface area (Å²) in [4.78, 5) is 50.5. The van der Waals surface area contributed by atoms with Crippen LogP contribution in [0.1, 0.15) is 31.8 Å². The molecule has 0 saturated carbocycles. The van der Waals surface area contributed by atoms with E-state index in [4.69, 9.17) is 14.2 Å². The number of carbonyl (C=O) groups excluding carboxylic acids is 3. The molecule has 2 N–H and O–H groups in total. The summed E-state index contributed by atoms with van der Waals surface area (Å²) >= 11 is 0. The van der Waals surface area contributed by atoms with Crippen LogP contribution in [-0.4, -0.2) is 58.4 Å². The highest BCUT2D eigenvalue weighted by Gasteiger charge is 2.42. The van der Waals surface area contributed by atoms with Crippen LogP contribution in [0.4, 0.5) is 32.2 Å². The lowest BCUT2D eigenvalue weighted by atomic mass is 10.1. The van der Waals surface area contributed by atoms with Crippen LogP contribution < -0.4 is 10.1 Å². The third-order valence-electron chi connectivity index (χ3n) is 5.20. The number of alkyl halides is 6. The highest BCUT2D eigenvalue weighted by molar-refractivity contribution is 6.01. The first-order valence-electron chi connectivity index (χ1n) is 11.3. The molecule has 222 valence electrons. The molecule has 0 fully saturated rings. The SMILES string of the molecule is COc1ccc(NC(=O)[C@@H](OC(=O)c2cccc(C(F)(F)F)c2)[C@@H](OC(=O)c2cccc(C(F)(F)F)c2)C(=O)O)nn1. The van der Waals surface area contributed by atoms with Crippen molar-refractivity contribution in [3.63, 3.8) is 0 Å². The molecule has 0 aliphatic rings. The molecule has 2 atom stereocenters. The summed E-state index contributed by atoms with van der Waals surface area (Å²) in [6.45, 7) is 0. The van der Waals surface area contributed by atoms with Crippen molar-refractivity contribution in [1.82, 2.24) is 10.2 Å². The Morgan fingerprint density at radius 1 is 0.762 bits per heavy atom. The smallest absolute Gasteiger partial charge is 0.416 e. The molecule has 0 saturated heterocycles. The van der Waals surface area contributed by atoms with Crippen LogP contribution in [-0.2, 0) is 31.4 Å². The number of hydrogen-bond donors (Lipinski definition) is 2. The van der Waals surface area contributed by atoms with Gasteiger partial charge in [-0.3, -0.25) is 4.79 Å². The average molecular weight is 601 g/mol. The normalized spacial score (nSPS) is 12.9. The second-order valence-corrected chi connectivity index (χ2v) is 8.10. The largest absolute Gasteiger partial charge is 0.480 e. The van der Waals surface area contributed by atoms with Gasteiger partial charge in [-0.05, 0) is 42.5 Å². The minimum absolute atomic E-state index is 0.000970. The lowest BCUT2D eigenvalue weighted by Crippen LogP contribution is -2.48. The molecular formula is C25H17F6N3O8. The van der Waals surface area contributed by atoms with Crippen LogP contribution in [0, 0.1) is 0 Å². The number of carboxylic acids is 1. The summed E-state index contributed by atoms with van der Waals surface area (Å²) in [6, 6.07) is 7.68. The van der Waals surface area contributed by atoms with Crippen LogP contribution in [0.25, 0.3) is 0 Å². The van der Waals surface area contributed by atoms with Gasteiger partial charge in [0.15, 0.2) is 5.82 Å². The summed E-state index contributed by atoms with van der Waals surface area (Å²) in [5.41, 5.74) is -4.11. The van der Waals surface area contributed by atoms with E-state index in [0.717, 1.165) is 30.3 Å². The van der Waals surface area contributed by atoms with Crippen molar-refractivity contribution in [3.05, 3.63) is 82.9 Å². The van der Waals surface area contributed by atoms with Gasteiger partial charge in [-0.25, -0.2) is 14.4 Å². The Bertz CT molecular complexity index is 1480. The van der Waals surface area contributed by atoms with E-state index in [9.17, 15) is 50.6 Å². The summed E-state index contributed by atoms with van der Waals surface area (Å²) in [7, 11) is 1.25. The number of esters is 2. The Balaban J connectivity index is 1.96. The van der Waals surface area contributed by atoms with E-state index >= 15 is 0 Å². The summed E-state index contributed by atoms with van der Waals surface area (Å²) in [5.74, 6) is -7.26. The number of methoxy groups -OCH3 is 1. The minimum Gasteiger partial charge on any atom is -0.480 e. The number of anilines is 1. The standard InChI is InChI=1S/C25H17F6N3O8/c1-40-17-9-8-16(33-34-17)32-20(35)18(41-22(38)12-4-2-6-14(10-12)24(26,27)28)19(21(36)37)42-23(39)13-5-3-7-15(11-13)25(29,30)31/h2-11,18-19H,1H3,(H,36,37)(H,32,33,35)/t18-,19+/m0/s1. The Morgan fingerprint density at radius 2 is 1.26 bits per heavy atom.